The third-order valence-electron chi connectivity index (χ3n) is 3.85. The van der Waals surface area contributed by atoms with Crippen molar-refractivity contribution < 1.29 is 14.9 Å². The summed E-state index contributed by atoms with van der Waals surface area (Å²) in [5.74, 6) is 0.600. The van der Waals surface area contributed by atoms with Gasteiger partial charge in [-0.2, -0.15) is 0 Å². The van der Waals surface area contributed by atoms with Crippen LogP contribution in [0.1, 0.15) is 52.4 Å². The van der Waals surface area contributed by atoms with Crippen molar-refractivity contribution in [2.24, 2.45) is 5.92 Å². The predicted molar refractivity (Wildman–Crippen MR) is 77.2 cm³/mol. The Labute approximate surface area is 117 Å². The van der Waals surface area contributed by atoms with Crippen molar-refractivity contribution in [3.63, 3.8) is 0 Å². The van der Waals surface area contributed by atoms with Gasteiger partial charge < -0.3 is 20.3 Å². The summed E-state index contributed by atoms with van der Waals surface area (Å²) < 4.78 is 5.37. The second-order valence-corrected chi connectivity index (χ2v) is 6.14. The topological polar surface area (TPSA) is 61.7 Å². The first-order chi connectivity index (χ1) is 9.06. The molecule has 114 valence electrons. The van der Waals surface area contributed by atoms with Crippen molar-refractivity contribution in [2.75, 3.05) is 26.3 Å². The highest BCUT2D eigenvalue weighted by molar-refractivity contribution is 4.87. The molecule has 0 aliphatic heterocycles. The fourth-order valence-electron chi connectivity index (χ4n) is 2.79. The third kappa shape index (κ3) is 7.25. The summed E-state index contributed by atoms with van der Waals surface area (Å²) >= 11 is 0. The van der Waals surface area contributed by atoms with E-state index in [2.05, 4.69) is 19.2 Å². The van der Waals surface area contributed by atoms with Gasteiger partial charge in [-0.15, -0.1) is 0 Å². The van der Waals surface area contributed by atoms with Gasteiger partial charge in [0.1, 0.15) is 0 Å². The molecule has 0 heterocycles. The minimum atomic E-state index is -0.583. The predicted octanol–water partition coefficient (Wildman–Crippen LogP) is 1.69. The van der Waals surface area contributed by atoms with E-state index in [1.165, 1.54) is 6.42 Å². The summed E-state index contributed by atoms with van der Waals surface area (Å²) in [5.41, 5.74) is -0.583. The van der Waals surface area contributed by atoms with Crippen LogP contribution >= 0.6 is 0 Å². The van der Waals surface area contributed by atoms with Crippen LogP contribution in [0.4, 0.5) is 0 Å². The monoisotopic (exact) mass is 273 g/mol. The van der Waals surface area contributed by atoms with E-state index in [1.807, 2.05) is 0 Å². The summed E-state index contributed by atoms with van der Waals surface area (Å²) in [5, 5.41) is 23.3. The summed E-state index contributed by atoms with van der Waals surface area (Å²) in [6, 6.07) is 0. The quantitative estimate of drug-likeness (QED) is 0.560. The third-order valence-corrected chi connectivity index (χ3v) is 3.85. The van der Waals surface area contributed by atoms with Gasteiger partial charge in [0.25, 0.3) is 0 Å². The molecule has 19 heavy (non-hydrogen) atoms. The van der Waals surface area contributed by atoms with Gasteiger partial charge in [-0.1, -0.05) is 33.1 Å². The molecule has 1 aliphatic carbocycles. The maximum absolute atomic E-state index is 10.4. The molecule has 0 aromatic rings. The molecule has 0 aromatic carbocycles. The normalized spacial score (nSPS) is 29.4. The lowest BCUT2D eigenvalue weighted by Crippen LogP contribution is -2.46. The lowest BCUT2D eigenvalue weighted by molar-refractivity contribution is -0.0167. The molecular weight excluding hydrogens is 242 g/mol. The summed E-state index contributed by atoms with van der Waals surface area (Å²) in [6.07, 6.45) is 5.72. The zero-order chi connectivity index (χ0) is 14.1. The standard InChI is InChI=1S/C15H31NO3/c1-3-4-8-19-11-14(17)10-16-12-15(18)7-5-6-13(2)9-15/h13-14,16-18H,3-12H2,1-2H3. The molecule has 4 heteroatoms. The van der Waals surface area contributed by atoms with Gasteiger partial charge in [0.15, 0.2) is 0 Å². The number of unbranched alkanes of at least 4 members (excludes halogenated alkanes) is 1. The van der Waals surface area contributed by atoms with E-state index in [-0.39, 0.29) is 0 Å². The molecular formula is C15H31NO3. The Balaban J connectivity index is 2.08. The van der Waals surface area contributed by atoms with Crippen molar-refractivity contribution in [1.82, 2.24) is 5.32 Å². The number of aliphatic hydroxyl groups excluding tert-OH is 1. The summed E-state index contributed by atoms with van der Waals surface area (Å²) in [6.45, 7) is 6.47. The molecule has 1 rings (SSSR count). The number of hydrogen-bond acceptors (Lipinski definition) is 4. The first-order valence-electron chi connectivity index (χ1n) is 7.74. The van der Waals surface area contributed by atoms with Crippen LogP contribution in [-0.2, 0) is 4.74 Å². The molecule has 0 radical (unpaired) electrons. The van der Waals surface area contributed by atoms with Crippen molar-refractivity contribution in [3.05, 3.63) is 0 Å². The molecule has 0 aromatic heterocycles. The molecule has 0 bridgehead atoms. The second kappa shape index (κ2) is 8.90. The van der Waals surface area contributed by atoms with Crippen molar-refractivity contribution in [1.29, 1.82) is 0 Å². The molecule has 4 nitrogen and oxygen atoms in total. The van der Waals surface area contributed by atoms with Crippen molar-refractivity contribution in [2.45, 2.75) is 64.1 Å². The fraction of sp³-hybridized carbons (Fsp3) is 1.00. The number of aliphatic hydroxyl groups is 2. The first-order valence-corrected chi connectivity index (χ1v) is 7.74. The van der Waals surface area contributed by atoms with Crippen LogP contribution in [0.25, 0.3) is 0 Å². The van der Waals surface area contributed by atoms with Crippen LogP contribution in [0, 0.1) is 5.92 Å². The zero-order valence-corrected chi connectivity index (χ0v) is 12.5. The molecule has 1 fully saturated rings. The van der Waals surface area contributed by atoms with Gasteiger partial charge in [0.2, 0.25) is 0 Å². The maximum Gasteiger partial charge on any atom is 0.0897 e. The van der Waals surface area contributed by atoms with Gasteiger partial charge in [0.05, 0.1) is 18.3 Å². The van der Waals surface area contributed by atoms with Crippen LogP contribution in [0.15, 0.2) is 0 Å². The van der Waals surface area contributed by atoms with E-state index in [0.717, 1.165) is 38.7 Å². The molecule has 1 saturated carbocycles. The van der Waals surface area contributed by atoms with E-state index in [9.17, 15) is 10.2 Å². The summed E-state index contributed by atoms with van der Waals surface area (Å²) in [4.78, 5) is 0. The molecule has 3 atom stereocenters. The van der Waals surface area contributed by atoms with Crippen LogP contribution in [-0.4, -0.2) is 48.2 Å². The Morgan fingerprint density at radius 1 is 1.47 bits per heavy atom. The highest BCUT2D eigenvalue weighted by Crippen LogP contribution is 2.31. The smallest absolute Gasteiger partial charge is 0.0897 e. The van der Waals surface area contributed by atoms with E-state index >= 15 is 0 Å². The highest BCUT2D eigenvalue weighted by Gasteiger charge is 2.32. The van der Waals surface area contributed by atoms with Crippen LogP contribution in [0.5, 0.6) is 0 Å². The van der Waals surface area contributed by atoms with Crippen LogP contribution in [0.3, 0.4) is 0 Å². The van der Waals surface area contributed by atoms with Crippen molar-refractivity contribution in [3.8, 4) is 0 Å². The summed E-state index contributed by atoms with van der Waals surface area (Å²) in [7, 11) is 0. The van der Waals surface area contributed by atoms with E-state index in [1.54, 1.807) is 0 Å². The maximum atomic E-state index is 10.4. The number of ether oxygens (including phenoxy) is 1. The Hall–Kier alpha value is -0.160. The fourth-order valence-corrected chi connectivity index (χ4v) is 2.79. The molecule has 3 N–H and O–H groups in total. The second-order valence-electron chi connectivity index (χ2n) is 6.14. The van der Waals surface area contributed by atoms with Gasteiger partial charge in [0, 0.05) is 19.7 Å². The Kier molecular flexibility index (Phi) is 7.91. The average Bonchev–Trinajstić information content (AvgIpc) is 2.34. The molecule has 0 saturated heterocycles. The van der Waals surface area contributed by atoms with Gasteiger partial charge in [-0.05, 0) is 25.2 Å². The Morgan fingerprint density at radius 3 is 2.95 bits per heavy atom. The van der Waals surface area contributed by atoms with E-state index in [0.29, 0.717) is 25.6 Å². The minimum absolute atomic E-state index is 0.377. The van der Waals surface area contributed by atoms with E-state index < -0.39 is 11.7 Å². The van der Waals surface area contributed by atoms with Crippen molar-refractivity contribution >= 4 is 0 Å². The minimum Gasteiger partial charge on any atom is -0.389 e. The SMILES string of the molecule is CCCCOCC(O)CNCC1(O)CCCC(C)C1. The molecule has 0 spiro atoms. The largest absolute Gasteiger partial charge is 0.389 e. The molecule has 3 unspecified atom stereocenters. The zero-order valence-electron chi connectivity index (χ0n) is 12.5. The molecule has 1 aliphatic rings. The highest BCUT2D eigenvalue weighted by atomic mass is 16.5. The van der Waals surface area contributed by atoms with Crippen LogP contribution < -0.4 is 5.32 Å². The molecule has 0 amide bonds. The first kappa shape index (κ1) is 16.9. The number of nitrogens with one attached hydrogen (secondary N) is 1. The lowest BCUT2D eigenvalue weighted by Gasteiger charge is -2.36. The van der Waals surface area contributed by atoms with Gasteiger partial charge in [-0.3, -0.25) is 0 Å². The number of rotatable bonds is 9. The lowest BCUT2D eigenvalue weighted by atomic mass is 9.79. The Morgan fingerprint density at radius 2 is 2.26 bits per heavy atom. The van der Waals surface area contributed by atoms with Crippen LogP contribution in [0.2, 0.25) is 0 Å². The Bertz CT molecular complexity index is 237. The van der Waals surface area contributed by atoms with Gasteiger partial charge in [-0.25, -0.2) is 0 Å². The van der Waals surface area contributed by atoms with Gasteiger partial charge >= 0.3 is 0 Å². The van der Waals surface area contributed by atoms with E-state index in [4.69, 9.17) is 4.74 Å². The number of hydrogen-bond donors (Lipinski definition) is 3. The average molecular weight is 273 g/mol.